The summed E-state index contributed by atoms with van der Waals surface area (Å²) in [7, 11) is 1.48. The van der Waals surface area contributed by atoms with Gasteiger partial charge in [-0.3, -0.25) is 0 Å². The molecule has 4 heteroatoms. The average molecular weight is 257 g/mol. The minimum atomic E-state index is -0.264. The summed E-state index contributed by atoms with van der Waals surface area (Å²) < 4.78 is 18.7. The molecule has 1 aromatic rings. The molecule has 0 amide bonds. The Kier molecular flexibility index (Phi) is 6.37. The van der Waals surface area contributed by atoms with E-state index in [1.807, 2.05) is 17.8 Å². The van der Waals surface area contributed by atoms with Crippen LogP contribution in [-0.2, 0) is 6.54 Å². The molecular weight excluding hydrogens is 237 g/mol. The first-order chi connectivity index (χ1) is 8.19. The molecule has 1 N–H and O–H groups in total. The van der Waals surface area contributed by atoms with Gasteiger partial charge in [-0.1, -0.05) is 19.1 Å². The third-order valence-corrected chi connectivity index (χ3v) is 3.42. The molecule has 0 aliphatic heterocycles. The van der Waals surface area contributed by atoms with E-state index >= 15 is 0 Å². The highest BCUT2D eigenvalue weighted by molar-refractivity contribution is 7.98. The van der Waals surface area contributed by atoms with Crippen LogP contribution < -0.4 is 10.1 Å². The molecule has 0 bridgehead atoms. The van der Waals surface area contributed by atoms with Crippen molar-refractivity contribution in [2.24, 2.45) is 5.92 Å². The Morgan fingerprint density at radius 2 is 2.24 bits per heavy atom. The maximum Gasteiger partial charge on any atom is 0.169 e. The molecular formula is C13H20FNOS. The van der Waals surface area contributed by atoms with Gasteiger partial charge in [0.1, 0.15) is 0 Å². The fourth-order valence-corrected chi connectivity index (χ4v) is 2.33. The number of nitrogens with one attached hydrogen (secondary N) is 1. The van der Waals surface area contributed by atoms with Crippen molar-refractivity contribution >= 4 is 11.8 Å². The summed E-state index contributed by atoms with van der Waals surface area (Å²) in [5, 5.41) is 3.27. The van der Waals surface area contributed by atoms with Gasteiger partial charge >= 0.3 is 0 Å². The molecule has 0 radical (unpaired) electrons. The summed E-state index contributed by atoms with van der Waals surface area (Å²) in [5.41, 5.74) is 0.653. The molecule has 0 saturated carbocycles. The van der Waals surface area contributed by atoms with Crippen molar-refractivity contribution in [1.82, 2.24) is 5.32 Å². The quantitative estimate of drug-likeness (QED) is 0.811. The SMILES string of the molecule is COc1cccc(CNCC(C)CSC)c1F. The van der Waals surface area contributed by atoms with Crippen molar-refractivity contribution in [2.45, 2.75) is 13.5 Å². The van der Waals surface area contributed by atoms with Crippen LogP contribution in [0.5, 0.6) is 5.75 Å². The second kappa shape index (κ2) is 7.56. The van der Waals surface area contributed by atoms with Crippen LogP contribution in [0.25, 0.3) is 0 Å². The van der Waals surface area contributed by atoms with Crippen LogP contribution in [0.15, 0.2) is 18.2 Å². The first kappa shape index (κ1) is 14.3. The van der Waals surface area contributed by atoms with Crippen LogP contribution in [0.3, 0.4) is 0 Å². The third-order valence-electron chi connectivity index (χ3n) is 2.52. The maximum atomic E-state index is 13.8. The lowest BCUT2D eigenvalue weighted by atomic mass is 10.1. The van der Waals surface area contributed by atoms with Gasteiger partial charge in [0.2, 0.25) is 0 Å². The molecule has 0 aliphatic carbocycles. The first-order valence-electron chi connectivity index (χ1n) is 5.70. The lowest BCUT2D eigenvalue weighted by Gasteiger charge is -2.12. The number of thioether (sulfide) groups is 1. The Balaban J connectivity index is 2.46. The van der Waals surface area contributed by atoms with Gasteiger partial charge in [0.05, 0.1) is 7.11 Å². The fourth-order valence-electron chi connectivity index (χ4n) is 1.65. The van der Waals surface area contributed by atoms with Gasteiger partial charge in [-0.25, -0.2) is 4.39 Å². The summed E-state index contributed by atoms with van der Waals surface area (Å²) in [4.78, 5) is 0. The molecule has 1 atom stereocenters. The van der Waals surface area contributed by atoms with Gasteiger partial charge in [0.25, 0.3) is 0 Å². The molecule has 1 unspecified atom stereocenters. The molecule has 0 saturated heterocycles. The van der Waals surface area contributed by atoms with E-state index in [9.17, 15) is 4.39 Å². The van der Waals surface area contributed by atoms with E-state index < -0.39 is 0 Å². The smallest absolute Gasteiger partial charge is 0.169 e. The van der Waals surface area contributed by atoms with E-state index in [0.29, 0.717) is 23.8 Å². The van der Waals surface area contributed by atoms with Crippen molar-refractivity contribution in [3.63, 3.8) is 0 Å². The topological polar surface area (TPSA) is 21.3 Å². The third kappa shape index (κ3) is 4.56. The van der Waals surface area contributed by atoms with Crippen LogP contribution in [0.4, 0.5) is 4.39 Å². The number of ether oxygens (including phenoxy) is 1. The Bertz CT molecular complexity index is 346. The van der Waals surface area contributed by atoms with Gasteiger partial charge in [0.15, 0.2) is 11.6 Å². The van der Waals surface area contributed by atoms with Crippen molar-refractivity contribution in [3.8, 4) is 5.75 Å². The van der Waals surface area contributed by atoms with Gasteiger partial charge in [-0.2, -0.15) is 11.8 Å². The summed E-state index contributed by atoms with van der Waals surface area (Å²) in [6.45, 7) is 3.63. The van der Waals surface area contributed by atoms with Gasteiger partial charge in [-0.15, -0.1) is 0 Å². The van der Waals surface area contributed by atoms with Crippen molar-refractivity contribution in [3.05, 3.63) is 29.6 Å². The number of hydrogen-bond donors (Lipinski definition) is 1. The van der Waals surface area contributed by atoms with Crippen LogP contribution >= 0.6 is 11.8 Å². The zero-order valence-corrected chi connectivity index (χ0v) is 11.4. The molecule has 17 heavy (non-hydrogen) atoms. The summed E-state index contributed by atoms with van der Waals surface area (Å²) in [6.07, 6.45) is 2.10. The van der Waals surface area contributed by atoms with Crippen LogP contribution in [-0.4, -0.2) is 25.7 Å². The fraction of sp³-hybridized carbons (Fsp3) is 0.538. The second-order valence-electron chi connectivity index (χ2n) is 4.12. The number of hydrogen-bond acceptors (Lipinski definition) is 3. The van der Waals surface area contributed by atoms with Crippen LogP contribution in [0, 0.1) is 11.7 Å². The molecule has 0 heterocycles. The molecule has 1 aromatic carbocycles. The van der Waals surface area contributed by atoms with E-state index in [-0.39, 0.29) is 5.82 Å². The molecule has 0 spiro atoms. The number of methoxy groups -OCH3 is 1. The van der Waals surface area contributed by atoms with E-state index in [1.54, 1.807) is 12.1 Å². The number of halogens is 1. The Morgan fingerprint density at radius 1 is 1.47 bits per heavy atom. The Morgan fingerprint density at radius 3 is 2.88 bits per heavy atom. The normalized spacial score (nSPS) is 12.5. The predicted molar refractivity (Wildman–Crippen MR) is 72.2 cm³/mol. The zero-order chi connectivity index (χ0) is 12.7. The standard InChI is InChI=1S/C13H20FNOS/c1-10(9-17-3)7-15-8-11-5-4-6-12(16-2)13(11)14/h4-6,10,15H,7-9H2,1-3H3. The minimum absolute atomic E-state index is 0.264. The highest BCUT2D eigenvalue weighted by Gasteiger charge is 2.08. The van der Waals surface area contributed by atoms with Crippen molar-refractivity contribution < 1.29 is 9.13 Å². The van der Waals surface area contributed by atoms with Crippen molar-refractivity contribution in [2.75, 3.05) is 25.7 Å². The molecule has 1 rings (SSSR count). The Labute approximate surface area is 107 Å². The summed E-state index contributed by atoms with van der Waals surface area (Å²) in [6, 6.07) is 5.23. The minimum Gasteiger partial charge on any atom is -0.494 e. The zero-order valence-electron chi connectivity index (χ0n) is 10.6. The largest absolute Gasteiger partial charge is 0.494 e. The number of benzene rings is 1. The van der Waals surface area contributed by atoms with Crippen molar-refractivity contribution in [1.29, 1.82) is 0 Å². The molecule has 0 aliphatic rings. The molecule has 0 fully saturated rings. The monoisotopic (exact) mass is 257 g/mol. The second-order valence-corrected chi connectivity index (χ2v) is 5.04. The van der Waals surface area contributed by atoms with Crippen LogP contribution in [0.1, 0.15) is 12.5 Å². The molecule has 96 valence electrons. The van der Waals surface area contributed by atoms with E-state index in [0.717, 1.165) is 12.3 Å². The Hall–Kier alpha value is -0.740. The van der Waals surface area contributed by atoms with E-state index in [2.05, 4.69) is 18.5 Å². The predicted octanol–water partition coefficient (Wildman–Crippen LogP) is 2.92. The average Bonchev–Trinajstić information content (AvgIpc) is 2.32. The first-order valence-corrected chi connectivity index (χ1v) is 7.09. The van der Waals surface area contributed by atoms with E-state index in [4.69, 9.17) is 4.74 Å². The highest BCUT2D eigenvalue weighted by Crippen LogP contribution is 2.19. The van der Waals surface area contributed by atoms with Gasteiger partial charge in [0, 0.05) is 12.1 Å². The summed E-state index contributed by atoms with van der Waals surface area (Å²) in [5.74, 6) is 1.76. The van der Waals surface area contributed by atoms with Crippen LogP contribution in [0.2, 0.25) is 0 Å². The molecule has 0 aromatic heterocycles. The maximum absolute atomic E-state index is 13.8. The highest BCUT2D eigenvalue weighted by atomic mass is 32.2. The number of rotatable bonds is 7. The molecule has 2 nitrogen and oxygen atoms in total. The lowest BCUT2D eigenvalue weighted by molar-refractivity contribution is 0.383. The van der Waals surface area contributed by atoms with Gasteiger partial charge in [-0.05, 0) is 30.5 Å². The van der Waals surface area contributed by atoms with E-state index in [1.165, 1.54) is 7.11 Å². The van der Waals surface area contributed by atoms with Gasteiger partial charge < -0.3 is 10.1 Å². The summed E-state index contributed by atoms with van der Waals surface area (Å²) >= 11 is 1.83. The lowest BCUT2D eigenvalue weighted by Crippen LogP contribution is -2.22.